The Morgan fingerprint density at radius 1 is 1.24 bits per heavy atom. The number of hydrogen-bond acceptors (Lipinski definition) is 3. The Labute approximate surface area is 104 Å². The highest BCUT2D eigenvalue weighted by Gasteiger charge is 2.06. The van der Waals surface area contributed by atoms with Gasteiger partial charge in [0.1, 0.15) is 0 Å². The van der Waals surface area contributed by atoms with E-state index in [9.17, 15) is 4.79 Å². The van der Waals surface area contributed by atoms with Gasteiger partial charge in [0, 0.05) is 12.3 Å². The van der Waals surface area contributed by atoms with Crippen molar-refractivity contribution in [1.29, 1.82) is 0 Å². The molecular weight excluding hydrogens is 238 g/mol. The minimum absolute atomic E-state index is 0.230. The van der Waals surface area contributed by atoms with Gasteiger partial charge in [-0.2, -0.15) is 0 Å². The zero-order chi connectivity index (χ0) is 12.1. The molecule has 86 valence electrons. The predicted molar refractivity (Wildman–Crippen MR) is 65.0 cm³/mol. The third-order valence-corrected chi connectivity index (χ3v) is 2.31. The Balaban J connectivity index is 1.98. The van der Waals surface area contributed by atoms with Crippen molar-refractivity contribution in [3.63, 3.8) is 0 Å². The Morgan fingerprint density at radius 3 is 2.71 bits per heavy atom. The first-order chi connectivity index (χ1) is 8.24. The molecule has 0 saturated carbocycles. The fraction of sp³-hybridized carbons (Fsp3) is 0.0769. The maximum absolute atomic E-state index is 11.6. The number of nitrogens with zero attached hydrogens (tertiary/aromatic N) is 1. The van der Waals surface area contributed by atoms with E-state index in [4.69, 9.17) is 16.3 Å². The average Bonchev–Trinajstić information content (AvgIpc) is 2.30. The average molecular weight is 248 g/mol. The fourth-order valence-corrected chi connectivity index (χ4v) is 1.54. The van der Waals surface area contributed by atoms with Crippen LogP contribution in [-0.2, 0) is 11.2 Å². The second-order valence-electron chi connectivity index (χ2n) is 3.48. The second-order valence-corrected chi connectivity index (χ2v) is 3.91. The van der Waals surface area contributed by atoms with Crippen LogP contribution in [0.15, 0.2) is 48.8 Å². The van der Waals surface area contributed by atoms with Gasteiger partial charge in [-0.1, -0.05) is 41.9 Å². The van der Waals surface area contributed by atoms with Crippen molar-refractivity contribution in [2.75, 3.05) is 0 Å². The molecule has 0 N–H and O–H groups in total. The highest BCUT2D eigenvalue weighted by atomic mass is 35.5. The Morgan fingerprint density at radius 2 is 2.00 bits per heavy atom. The number of hydrogen-bond donors (Lipinski definition) is 0. The summed E-state index contributed by atoms with van der Waals surface area (Å²) < 4.78 is 5.11. The molecule has 0 spiro atoms. The quantitative estimate of drug-likeness (QED) is 0.783. The zero-order valence-corrected chi connectivity index (χ0v) is 9.72. The van der Waals surface area contributed by atoms with Crippen molar-refractivity contribution in [3.05, 3.63) is 59.4 Å². The molecule has 1 heterocycles. The lowest BCUT2D eigenvalue weighted by molar-refractivity contribution is -0.133. The van der Waals surface area contributed by atoms with E-state index in [2.05, 4.69) is 4.98 Å². The summed E-state index contributed by atoms with van der Waals surface area (Å²) in [5.41, 5.74) is 0.910. The second kappa shape index (κ2) is 5.46. The summed E-state index contributed by atoms with van der Waals surface area (Å²) in [7, 11) is 0. The van der Waals surface area contributed by atoms with Gasteiger partial charge in [-0.15, -0.1) is 0 Å². The summed E-state index contributed by atoms with van der Waals surface area (Å²) in [6.45, 7) is 0. The molecule has 2 rings (SSSR count). The lowest BCUT2D eigenvalue weighted by Crippen LogP contribution is -2.11. The lowest BCUT2D eigenvalue weighted by Gasteiger charge is -2.03. The molecule has 4 heteroatoms. The predicted octanol–water partition coefficient (Wildman–Crippen LogP) is 2.88. The number of halogens is 1. The van der Waals surface area contributed by atoms with Crippen LogP contribution in [0.25, 0.3) is 0 Å². The molecule has 2 aromatic rings. The Bertz CT molecular complexity index is 514. The zero-order valence-electron chi connectivity index (χ0n) is 8.97. The molecule has 0 amide bonds. The maximum atomic E-state index is 11.6. The van der Waals surface area contributed by atoms with Crippen molar-refractivity contribution in [1.82, 2.24) is 4.98 Å². The highest BCUT2D eigenvalue weighted by Crippen LogP contribution is 2.15. The summed E-state index contributed by atoms with van der Waals surface area (Å²) in [5.74, 6) is 0.0266. The van der Waals surface area contributed by atoms with E-state index in [1.54, 1.807) is 6.07 Å². The third-order valence-electron chi connectivity index (χ3n) is 2.10. The largest absolute Gasteiger partial charge is 0.425 e. The molecular formula is C13H10ClNO2. The van der Waals surface area contributed by atoms with Gasteiger partial charge in [-0.25, -0.2) is 0 Å². The van der Waals surface area contributed by atoms with Gasteiger partial charge in [-0.05, 0) is 5.56 Å². The van der Waals surface area contributed by atoms with E-state index in [1.807, 2.05) is 30.3 Å². The van der Waals surface area contributed by atoms with E-state index in [0.29, 0.717) is 10.8 Å². The van der Waals surface area contributed by atoms with Gasteiger partial charge < -0.3 is 4.74 Å². The van der Waals surface area contributed by atoms with Crippen LogP contribution in [0.3, 0.4) is 0 Å². The molecule has 0 aliphatic carbocycles. The fourth-order valence-electron chi connectivity index (χ4n) is 1.38. The first-order valence-corrected chi connectivity index (χ1v) is 5.47. The number of rotatable bonds is 3. The third kappa shape index (κ3) is 3.57. The Hall–Kier alpha value is -1.87. The molecule has 0 atom stereocenters. The molecule has 3 nitrogen and oxygen atoms in total. The molecule has 1 aromatic heterocycles. The van der Waals surface area contributed by atoms with Crippen LogP contribution in [0, 0.1) is 0 Å². The summed E-state index contributed by atoms with van der Waals surface area (Å²) in [6.07, 6.45) is 3.16. The normalized spacial score (nSPS) is 9.94. The van der Waals surface area contributed by atoms with Crippen LogP contribution in [0.2, 0.25) is 5.02 Å². The van der Waals surface area contributed by atoms with Crippen molar-refractivity contribution in [2.45, 2.75) is 6.42 Å². The smallest absolute Gasteiger partial charge is 0.315 e. The summed E-state index contributed by atoms with van der Waals surface area (Å²) in [6, 6.07) is 11.0. The maximum Gasteiger partial charge on any atom is 0.315 e. The van der Waals surface area contributed by atoms with Gasteiger partial charge in [0.05, 0.1) is 17.6 Å². The summed E-state index contributed by atoms with van der Waals surface area (Å²) in [4.78, 5) is 15.4. The van der Waals surface area contributed by atoms with Crippen LogP contribution >= 0.6 is 11.6 Å². The van der Waals surface area contributed by atoms with E-state index in [1.165, 1.54) is 12.4 Å². The summed E-state index contributed by atoms with van der Waals surface area (Å²) >= 11 is 5.73. The van der Waals surface area contributed by atoms with Crippen LogP contribution < -0.4 is 4.74 Å². The van der Waals surface area contributed by atoms with E-state index in [0.717, 1.165) is 5.56 Å². The van der Waals surface area contributed by atoms with Crippen LogP contribution in [0.1, 0.15) is 5.56 Å². The molecule has 0 saturated heterocycles. The van der Waals surface area contributed by atoms with Gasteiger partial charge in [-0.3, -0.25) is 9.78 Å². The summed E-state index contributed by atoms with van der Waals surface area (Å²) in [5, 5.41) is 0.440. The topological polar surface area (TPSA) is 39.2 Å². The van der Waals surface area contributed by atoms with Gasteiger partial charge in [0.25, 0.3) is 0 Å². The van der Waals surface area contributed by atoms with E-state index in [-0.39, 0.29) is 12.4 Å². The number of carbonyl (C=O) groups excluding carboxylic acids is 1. The monoisotopic (exact) mass is 247 g/mol. The number of aromatic nitrogens is 1. The highest BCUT2D eigenvalue weighted by molar-refractivity contribution is 6.30. The lowest BCUT2D eigenvalue weighted by atomic mass is 10.2. The number of carbonyl (C=O) groups is 1. The van der Waals surface area contributed by atoms with E-state index < -0.39 is 0 Å². The SMILES string of the molecule is O=C(Cc1ccccc1)Oc1cncc(Cl)c1. The molecule has 1 aromatic carbocycles. The van der Waals surface area contributed by atoms with Crippen molar-refractivity contribution in [2.24, 2.45) is 0 Å². The number of pyridine rings is 1. The molecule has 0 unspecified atom stereocenters. The number of benzene rings is 1. The number of ether oxygens (including phenoxy) is 1. The van der Waals surface area contributed by atoms with Gasteiger partial charge in [0.15, 0.2) is 5.75 Å². The first-order valence-electron chi connectivity index (χ1n) is 5.09. The first kappa shape index (κ1) is 11.6. The van der Waals surface area contributed by atoms with Gasteiger partial charge in [0.2, 0.25) is 0 Å². The van der Waals surface area contributed by atoms with Gasteiger partial charge >= 0.3 is 5.97 Å². The molecule has 0 fully saturated rings. The molecule has 17 heavy (non-hydrogen) atoms. The van der Waals surface area contributed by atoms with E-state index >= 15 is 0 Å². The minimum atomic E-state index is -0.333. The Kier molecular flexibility index (Phi) is 3.73. The molecule has 0 aliphatic rings. The van der Waals surface area contributed by atoms with Crippen LogP contribution in [0.4, 0.5) is 0 Å². The molecule has 0 aliphatic heterocycles. The van der Waals surface area contributed by atoms with Crippen LogP contribution in [0.5, 0.6) is 5.75 Å². The molecule has 0 bridgehead atoms. The number of esters is 1. The van der Waals surface area contributed by atoms with Crippen molar-refractivity contribution >= 4 is 17.6 Å². The minimum Gasteiger partial charge on any atom is -0.425 e. The van der Waals surface area contributed by atoms with Crippen molar-refractivity contribution in [3.8, 4) is 5.75 Å². The standard InChI is InChI=1S/C13H10ClNO2/c14-11-7-12(9-15-8-11)17-13(16)6-10-4-2-1-3-5-10/h1-5,7-9H,6H2. The van der Waals surface area contributed by atoms with Crippen molar-refractivity contribution < 1.29 is 9.53 Å². The molecule has 0 radical (unpaired) electrons. The van der Waals surface area contributed by atoms with Crippen LogP contribution in [-0.4, -0.2) is 11.0 Å².